The van der Waals surface area contributed by atoms with Crippen molar-refractivity contribution in [2.24, 2.45) is 7.05 Å². The van der Waals surface area contributed by atoms with Crippen molar-refractivity contribution in [3.63, 3.8) is 0 Å². The number of nitrogens with one attached hydrogen (secondary N) is 1. The summed E-state index contributed by atoms with van der Waals surface area (Å²) in [7, 11) is 1.89. The molecule has 1 aromatic heterocycles. The molecule has 0 atom stereocenters. The highest BCUT2D eigenvalue weighted by Crippen LogP contribution is 2.28. The summed E-state index contributed by atoms with van der Waals surface area (Å²) in [6, 6.07) is 6.25. The second-order valence-electron chi connectivity index (χ2n) is 5.06. The summed E-state index contributed by atoms with van der Waals surface area (Å²) in [5.74, 6) is 0.342. The van der Waals surface area contributed by atoms with E-state index < -0.39 is 0 Å². The Kier molecular flexibility index (Phi) is 3.18. The minimum absolute atomic E-state index is 0.242. The van der Waals surface area contributed by atoms with E-state index in [1.54, 1.807) is 4.68 Å². The van der Waals surface area contributed by atoms with E-state index in [4.69, 9.17) is 0 Å². The zero-order valence-electron chi connectivity index (χ0n) is 11.6. The highest BCUT2D eigenvalue weighted by Gasteiger charge is 2.15. The van der Waals surface area contributed by atoms with Crippen LogP contribution in [-0.4, -0.2) is 28.8 Å². The van der Waals surface area contributed by atoms with E-state index in [2.05, 4.69) is 34.0 Å². The molecule has 0 aliphatic carbocycles. The first kappa shape index (κ1) is 12.7. The van der Waals surface area contributed by atoms with Crippen LogP contribution in [0.2, 0.25) is 0 Å². The lowest BCUT2D eigenvalue weighted by Crippen LogP contribution is -2.17. The molecular formula is C15H18N4O. The molecule has 0 radical (unpaired) electrons. The molecule has 1 aromatic carbocycles. The summed E-state index contributed by atoms with van der Waals surface area (Å²) in [5, 5.41) is 8.06. The molecule has 2 aromatic rings. The molecule has 0 unspecified atom stereocenters. The van der Waals surface area contributed by atoms with Crippen molar-refractivity contribution in [2.75, 3.05) is 23.3 Å². The lowest BCUT2D eigenvalue weighted by atomic mass is 10.2. The maximum Gasteiger partial charge on any atom is 0.248 e. The normalized spacial score (nSPS) is 14.8. The summed E-state index contributed by atoms with van der Waals surface area (Å²) in [6.07, 6.45) is 3.76. The number of nitrogens with zero attached hydrogens (tertiary/aromatic N) is 3. The molecule has 1 aliphatic rings. The SMILES string of the molecule is C=CC(=O)Nc1nn(C)c2cc(N3CCCC3)ccc12. The second kappa shape index (κ2) is 5.00. The maximum absolute atomic E-state index is 11.4. The van der Waals surface area contributed by atoms with Crippen molar-refractivity contribution in [3.05, 3.63) is 30.9 Å². The molecule has 104 valence electrons. The lowest BCUT2D eigenvalue weighted by molar-refractivity contribution is -0.111. The highest BCUT2D eigenvalue weighted by atomic mass is 16.1. The van der Waals surface area contributed by atoms with E-state index in [9.17, 15) is 4.79 Å². The number of fused-ring (bicyclic) bond motifs is 1. The van der Waals surface area contributed by atoms with Crippen LogP contribution < -0.4 is 10.2 Å². The molecule has 5 nitrogen and oxygen atoms in total. The van der Waals surface area contributed by atoms with Gasteiger partial charge in [0.2, 0.25) is 5.91 Å². The zero-order chi connectivity index (χ0) is 14.1. The number of anilines is 2. The maximum atomic E-state index is 11.4. The van der Waals surface area contributed by atoms with Gasteiger partial charge < -0.3 is 10.2 Å². The summed E-state index contributed by atoms with van der Waals surface area (Å²) in [4.78, 5) is 13.8. The van der Waals surface area contributed by atoms with Crippen LogP contribution in [0.1, 0.15) is 12.8 Å². The van der Waals surface area contributed by atoms with E-state index in [-0.39, 0.29) is 5.91 Å². The molecule has 5 heteroatoms. The Labute approximate surface area is 117 Å². The summed E-state index contributed by atoms with van der Waals surface area (Å²) in [5.41, 5.74) is 2.24. The third kappa shape index (κ3) is 2.15. The van der Waals surface area contributed by atoms with Gasteiger partial charge in [0.05, 0.1) is 5.52 Å². The molecule has 20 heavy (non-hydrogen) atoms. The Morgan fingerprint density at radius 2 is 2.15 bits per heavy atom. The number of carbonyl (C=O) groups is 1. The first-order valence-corrected chi connectivity index (χ1v) is 6.84. The van der Waals surface area contributed by atoms with Crippen LogP contribution in [0.25, 0.3) is 10.9 Å². The molecule has 2 heterocycles. The van der Waals surface area contributed by atoms with Crippen molar-refractivity contribution in [1.29, 1.82) is 0 Å². The standard InChI is InChI=1S/C15H18N4O/c1-3-14(20)16-15-12-7-6-11(19-8-4-5-9-19)10-13(12)18(2)17-15/h3,6-7,10H,1,4-5,8-9H2,2H3,(H,16,17,20). The van der Waals surface area contributed by atoms with Gasteiger partial charge in [0.25, 0.3) is 0 Å². The number of aryl methyl sites for hydroxylation is 1. The fourth-order valence-electron chi connectivity index (χ4n) is 2.68. The van der Waals surface area contributed by atoms with Crippen LogP contribution in [0.3, 0.4) is 0 Å². The van der Waals surface area contributed by atoms with Gasteiger partial charge in [-0.2, -0.15) is 5.10 Å². The fourth-order valence-corrected chi connectivity index (χ4v) is 2.68. The molecule has 3 rings (SSSR count). The molecule has 0 bridgehead atoms. The second-order valence-corrected chi connectivity index (χ2v) is 5.06. The van der Waals surface area contributed by atoms with Crippen LogP contribution in [0.15, 0.2) is 30.9 Å². The zero-order valence-corrected chi connectivity index (χ0v) is 11.6. The van der Waals surface area contributed by atoms with Crippen molar-refractivity contribution in [1.82, 2.24) is 9.78 Å². The summed E-state index contributed by atoms with van der Waals surface area (Å²) < 4.78 is 1.80. The van der Waals surface area contributed by atoms with Gasteiger partial charge in [-0.05, 0) is 37.1 Å². The van der Waals surface area contributed by atoms with Crippen molar-refractivity contribution < 1.29 is 4.79 Å². The Balaban J connectivity index is 2.00. The molecular weight excluding hydrogens is 252 g/mol. The van der Waals surface area contributed by atoms with E-state index >= 15 is 0 Å². The number of amides is 1. The molecule has 1 N–H and O–H groups in total. The third-order valence-corrected chi connectivity index (χ3v) is 3.73. The molecule has 0 saturated carbocycles. The monoisotopic (exact) mass is 270 g/mol. The van der Waals surface area contributed by atoms with Gasteiger partial charge in [-0.25, -0.2) is 0 Å². The van der Waals surface area contributed by atoms with Gasteiger partial charge in [-0.15, -0.1) is 0 Å². The van der Waals surface area contributed by atoms with Crippen molar-refractivity contribution in [3.8, 4) is 0 Å². The first-order chi connectivity index (χ1) is 9.69. The average molecular weight is 270 g/mol. The molecule has 1 aliphatic heterocycles. The van der Waals surface area contributed by atoms with Crippen molar-refractivity contribution >= 4 is 28.3 Å². The van der Waals surface area contributed by atoms with E-state index in [1.807, 2.05) is 13.1 Å². The van der Waals surface area contributed by atoms with Crippen molar-refractivity contribution in [2.45, 2.75) is 12.8 Å². The number of aromatic nitrogens is 2. The quantitative estimate of drug-likeness (QED) is 0.871. The Morgan fingerprint density at radius 1 is 1.40 bits per heavy atom. The predicted molar refractivity (Wildman–Crippen MR) is 81.0 cm³/mol. The minimum Gasteiger partial charge on any atom is -0.371 e. The van der Waals surface area contributed by atoms with Crippen LogP contribution in [0.5, 0.6) is 0 Å². The van der Waals surface area contributed by atoms with Gasteiger partial charge in [0.15, 0.2) is 5.82 Å². The lowest BCUT2D eigenvalue weighted by Gasteiger charge is -2.17. The van der Waals surface area contributed by atoms with Crippen LogP contribution in [0.4, 0.5) is 11.5 Å². The Hall–Kier alpha value is -2.30. The number of hydrogen-bond donors (Lipinski definition) is 1. The van der Waals surface area contributed by atoms with E-state index in [0.29, 0.717) is 5.82 Å². The van der Waals surface area contributed by atoms with Gasteiger partial charge in [0.1, 0.15) is 0 Å². The highest BCUT2D eigenvalue weighted by molar-refractivity contribution is 6.04. The predicted octanol–water partition coefficient (Wildman–Crippen LogP) is 2.30. The fraction of sp³-hybridized carbons (Fsp3) is 0.333. The topological polar surface area (TPSA) is 50.2 Å². The minimum atomic E-state index is -0.242. The Bertz CT molecular complexity index is 668. The Morgan fingerprint density at radius 3 is 2.85 bits per heavy atom. The molecule has 1 saturated heterocycles. The van der Waals surface area contributed by atoms with Crippen LogP contribution in [-0.2, 0) is 11.8 Å². The molecule has 1 fully saturated rings. The molecule has 1 amide bonds. The summed E-state index contributed by atoms with van der Waals surface area (Å²) in [6.45, 7) is 5.69. The van der Waals surface area contributed by atoms with Gasteiger partial charge in [-0.3, -0.25) is 9.48 Å². The molecule has 0 spiro atoms. The largest absolute Gasteiger partial charge is 0.371 e. The smallest absolute Gasteiger partial charge is 0.248 e. The third-order valence-electron chi connectivity index (χ3n) is 3.73. The van der Waals surface area contributed by atoms with Crippen LogP contribution in [0, 0.1) is 0 Å². The van der Waals surface area contributed by atoms with E-state index in [1.165, 1.54) is 24.6 Å². The van der Waals surface area contributed by atoms with Crippen LogP contribution >= 0.6 is 0 Å². The average Bonchev–Trinajstić information content (AvgIpc) is 3.08. The first-order valence-electron chi connectivity index (χ1n) is 6.84. The number of hydrogen-bond acceptors (Lipinski definition) is 3. The van der Waals surface area contributed by atoms with Gasteiger partial charge >= 0.3 is 0 Å². The summed E-state index contributed by atoms with van der Waals surface area (Å²) >= 11 is 0. The number of benzene rings is 1. The van der Waals surface area contributed by atoms with Gasteiger partial charge in [0, 0.05) is 31.2 Å². The number of rotatable bonds is 3. The number of carbonyl (C=O) groups excluding carboxylic acids is 1. The van der Waals surface area contributed by atoms with E-state index in [0.717, 1.165) is 24.0 Å². The van der Waals surface area contributed by atoms with Gasteiger partial charge in [-0.1, -0.05) is 6.58 Å².